The summed E-state index contributed by atoms with van der Waals surface area (Å²) in [6.45, 7) is 5.05. The molecule has 1 unspecified atom stereocenters. The second-order valence-corrected chi connectivity index (χ2v) is 7.94. The van der Waals surface area contributed by atoms with Crippen LogP contribution in [0.25, 0.3) is 0 Å². The van der Waals surface area contributed by atoms with Gasteiger partial charge in [-0.15, -0.1) is 24.0 Å². The first kappa shape index (κ1) is 24.4. The molecule has 0 spiro atoms. The molecule has 1 atom stereocenters. The van der Waals surface area contributed by atoms with Gasteiger partial charge in [-0.2, -0.15) is 0 Å². The van der Waals surface area contributed by atoms with Gasteiger partial charge in [0.2, 0.25) is 5.91 Å². The lowest BCUT2D eigenvalue weighted by Crippen LogP contribution is -2.38. The van der Waals surface area contributed by atoms with Crippen LogP contribution in [-0.4, -0.2) is 44.7 Å². The molecule has 2 heterocycles. The Morgan fingerprint density at radius 1 is 1.22 bits per heavy atom. The molecule has 0 radical (unpaired) electrons. The van der Waals surface area contributed by atoms with Crippen molar-refractivity contribution in [3.05, 3.63) is 52.5 Å². The summed E-state index contributed by atoms with van der Waals surface area (Å²) in [6, 6.07) is 11.8. The number of ether oxygens (including phenoxy) is 2. The highest BCUT2D eigenvalue weighted by atomic mass is 127. The zero-order valence-corrected chi connectivity index (χ0v) is 21.0. The van der Waals surface area contributed by atoms with Crippen molar-refractivity contribution < 1.29 is 14.3 Å². The van der Waals surface area contributed by atoms with Crippen LogP contribution in [-0.2, 0) is 11.2 Å². The summed E-state index contributed by atoms with van der Waals surface area (Å²) in [5.74, 6) is 2.15. The predicted octanol–water partition coefficient (Wildman–Crippen LogP) is 3.95. The molecule has 32 heavy (non-hydrogen) atoms. The number of hydrogen-bond donors (Lipinski definition) is 3. The highest BCUT2D eigenvalue weighted by Gasteiger charge is 2.24. The van der Waals surface area contributed by atoms with Crippen LogP contribution in [0.2, 0.25) is 5.02 Å². The fourth-order valence-corrected chi connectivity index (χ4v) is 4.13. The first-order chi connectivity index (χ1) is 15.1. The number of nitrogens with zero attached hydrogens (tertiary/aromatic N) is 1. The molecule has 3 N–H and O–H groups in total. The zero-order valence-electron chi connectivity index (χ0n) is 17.9. The molecule has 2 aromatic carbocycles. The molecule has 2 aliphatic heterocycles. The molecule has 0 aromatic heterocycles. The number of nitrogens with one attached hydrogen (secondary N) is 3. The molecule has 0 aliphatic carbocycles. The Morgan fingerprint density at radius 3 is 2.88 bits per heavy atom. The van der Waals surface area contributed by atoms with Crippen molar-refractivity contribution in [2.45, 2.75) is 25.7 Å². The number of para-hydroxylation sites is 1. The summed E-state index contributed by atoms with van der Waals surface area (Å²) < 4.78 is 11.2. The van der Waals surface area contributed by atoms with Gasteiger partial charge in [0.25, 0.3) is 0 Å². The lowest BCUT2D eigenvalue weighted by molar-refractivity contribution is -0.116. The van der Waals surface area contributed by atoms with E-state index in [9.17, 15) is 4.79 Å². The van der Waals surface area contributed by atoms with Crippen molar-refractivity contribution in [2.75, 3.05) is 38.2 Å². The van der Waals surface area contributed by atoms with Gasteiger partial charge >= 0.3 is 0 Å². The Kier molecular flexibility index (Phi) is 8.86. The number of carbonyl (C=O) groups is 1. The van der Waals surface area contributed by atoms with Crippen LogP contribution < -0.4 is 25.4 Å². The van der Waals surface area contributed by atoms with Crippen molar-refractivity contribution in [1.29, 1.82) is 0 Å². The molecule has 7 nitrogen and oxygen atoms in total. The molecule has 1 amide bonds. The van der Waals surface area contributed by atoms with E-state index >= 15 is 0 Å². The SMILES string of the molecule is CCNC(=NCC1CC(=O)Nc2ccccc21)NCCc1cc(Cl)c2c(c1)OCCO2.I. The third-order valence-electron chi connectivity index (χ3n) is 5.28. The Bertz CT molecular complexity index is 986. The number of guanidine groups is 1. The van der Waals surface area contributed by atoms with Gasteiger partial charge in [0.05, 0.1) is 11.6 Å². The van der Waals surface area contributed by atoms with Crippen LogP contribution in [0.3, 0.4) is 0 Å². The predicted molar refractivity (Wildman–Crippen MR) is 138 cm³/mol. The molecule has 0 saturated carbocycles. The first-order valence-electron chi connectivity index (χ1n) is 10.6. The van der Waals surface area contributed by atoms with E-state index in [-0.39, 0.29) is 35.8 Å². The smallest absolute Gasteiger partial charge is 0.225 e. The molecule has 4 rings (SSSR count). The molecule has 2 aromatic rings. The molecule has 0 saturated heterocycles. The van der Waals surface area contributed by atoms with Gasteiger partial charge in [0, 0.05) is 31.1 Å². The Balaban J connectivity index is 0.00000289. The van der Waals surface area contributed by atoms with Crippen LogP contribution in [0.1, 0.15) is 30.4 Å². The largest absolute Gasteiger partial charge is 0.486 e. The van der Waals surface area contributed by atoms with E-state index < -0.39 is 0 Å². The standard InChI is InChI=1S/C23H27ClN4O3.HI/c1-2-25-23(27-14-16-13-21(29)28-19-6-4-3-5-17(16)19)26-8-7-15-11-18(24)22-20(12-15)30-9-10-31-22;/h3-6,11-12,16H,2,7-10,13-14H2,1H3,(H,28,29)(H2,25,26,27);1H. The average molecular weight is 571 g/mol. The second kappa shape index (κ2) is 11.6. The van der Waals surface area contributed by atoms with E-state index in [4.69, 9.17) is 26.1 Å². The van der Waals surface area contributed by atoms with Crippen molar-refractivity contribution in [3.63, 3.8) is 0 Å². The molecular weight excluding hydrogens is 543 g/mol. The minimum absolute atomic E-state index is 0. The Hall–Kier alpha value is -2.20. The Morgan fingerprint density at radius 2 is 2.03 bits per heavy atom. The van der Waals surface area contributed by atoms with Gasteiger partial charge in [-0.1, -0.05) is 29.8 Å². The van der Waals surface area contributed by atoms with E-state index in [1.165, 1.54) is 0 Å². The van der Waals surface area contributed by atoms with E-state index in [1.54, 1.807) is 0 Å². The summed E-state index contributed by atoms with van der Waals surface area (Å²) in [7, 11) is 0. The number of hydrogen-bond acceptors (Lipinski definition) is 4. The average Bonchev–Trinajstić information content (AvgIpc) is 2.77. The van der Waals surface area contributed by atoms with E-state index in [0.29, 0.717) is 49.2 Å². The maximum Gasteiger partial charge on any atom is 0.225 e. The van der Waals surface area contributed by atoms with E-state index in [1.807, 2.05) is 37.3 Å². The maximum atomic E-state index is 12.0. The van der Waals surface area contributed by atoms with Crippen LogP contribution in [0.5, 0.6) is 11.5 Å². The van der Waals surface area contributed by atoms with Crippen LogP contribution in [0, 0.1) is 0 Å². The zero-order chi connectivity index (χ0) is 21.6. The maximum absolute atomic E-state index is 12.0. The van der Waals surface area contributed by atoms with Gasteiger partial charge in [-0.3, -0.25) is 9.79 Å². The quantitative estimate of drug-likeness (QED) is 0.278. The fraction of sp³-hybridized carbons (Fsp3) is 0.391. The number of carbonyl (C=O) groups excluding carboxylic acids is 1. The molecule has 9 heteroatoms. The normalized spacial score (nSPS) is 17.0. The summed E-state index contributed by atoms with van der Waals surface area (Å²) in [6.07, 6.45) is 1.20. The van der Waals surface area contributed by atoms with Crippen molar-refractivity contribution >= 4 is 53.1 Å². The van der Waals surface area contributed by atoms with Crippen LogP contribution >= 0.6 is 35.6 Å². The summed E-state index contributed by atoms with van der Waals surface area (Å²) in [5, 5.41) is 10.1. The number of anilines is 1. The third kappa shape index (κ3) is 5.98. The van der Waals surface area contributed by atoms with Gasteiger partial charge in [-0.25, -0.2) is 0 Å². The summed E-state index contributed by atoms with van der Waals surface area (Å²) in [4.78, 5) is 16.8. The highest BCUT2D eigenvalue weighted by molar-refractivity contribution is 14.0. The number of halogens is 2. The molecular formula is C23H28ClIN4O3. The number of benzene rings is 2. The lowest BCUT2D eigenvalue weighted by atomic mass is 9.91. The minimum Gasteiger partial charge on any atom is -0.486 e. The van der Waals surface area contributed by atoms with Crippen molar-refractivity contribution in [1.82, 2.24) is 10.6 Å². The van der Waals surface area contributed by atoms with Gasteiger partial charge in [0.1, 0.15) is 13.2 Å². The van der Waals surface area contributed by atoms with Crippen LogP contribution in [0.15, 0.2) is 41.4 Å². The third-order valence-corrected chi connectivity index (χ3v) is 5.56. The van der Waals surface area contributed by atoms with E-state index in [0.717, 1.165) is 35.7 Å². The monoisotopic (exact) mass is 570 g/mol. The number of rotatable bonds is 6. The number of aliphatic imine (C=N–C) groups is 1. The molecule has 0 fully saturated rings. The van der Waals surface area contributed by atoms with E-state index in [2.05, 4.69) is 22.0 Å². The lowest BCUT2D eigenvalue weighted by Gasteiger charge is -2.24. The Labute approximate surface area is 210 Å². The number of amides is 1. The second-order valence-electron chi connectivity index (χ2n) is 7.53. The summed E-state index contributed by atoms with van der Waals surface area (Å²) in [5.41, 5.74) is 3.08. The topological polar surface area (TPSA) is 84.0 Å². The highest BCUT2D eigenvalue weighted by Crippen LogP contribution is 2.38. The molecule has 2 aliphatic rings. The van der Waals surface area contributed by atoms with Crippen molar-refractivity contribution in [2.24, 2.45) is 4.99 Å². The minimum atomic E-state index is 0. The molecule has 172 valence electrons. The molecule has 0 bridgehead atoms. The summed E-state index contributed by atoms with van der Waals surface area (Å²) >= 11 is 6.33. The first-order valence-corrected chi connectivity index (χ1v) is 11.0. The van der Waals surface area contributed by atoms with Crippen molar-refractivity contribution in [3.8, 4) is 11.5 Å². The van der Waals surface area contributed by atoms with Gasteiger partial charge in [0.15, 0.2) is 17.5 Å². The van der Waals surface area contributed by atoms with Gasteiger partial charge < -0.3 is 25.4 Å². The van der Waals surface area contributed by atoms with Gasteiger partial charge in [-0.05, 0) is 42.7 Å². The number of fused-ring (bicyclic) bond motifs is 2. The fourth-order valence-electron chi connectivity index (χ4n) is 3.84. The van der Waals surface area contributed by atoms with Crippen LogP contribution in [0.4, 0.5) is 5.69 Å².